The fourth-order valence-corrected chi connectivity index (χ4v) is 3.04. The van der Waals surface area contributed by atoms with Crippen molar-refractivity contribution in [1.82, 2.24) is 25.2 Å². The molecule has 0 saturated carbocycles. The molecule has 156 valence electrons. The molecule has 2 heterocycles. The zero-order valence-corrected chi connectivity index (χ0v) is 16.0. The second kappa shape index (κ2) is 7.86. The maximum Gasteiger partial charge on any atom is 0.221 e. The zero-order valence-electron chi connectivity index (χ0n) is 16.0. The van der Waals surface area contributed by atoms with E-state index in [1.807, 2.05) is 0 Å². The number of nitrogens with one attached hydrogen (secondary N) is 1. The van der Waals surface area contributed by atoms with Crippen LogP contribution in [0.1, 0.15) is 6.92 Å². The van der Waals surface area contributed by atoms with Crippen molar-refractivity contribution in [2.75, 3.05) is 11.1 Å². The van der Waals surface area contributed by atoms with E-state index in [0.717, 1.165) is 10.7 Å². The third-order valence-electron chi connectivity index (χ3n) is 4.41. The molecule has 3 N–H and O–H groups in total. The summed E-state index contributed by atoms with van der Waals surface area (Å²) in [5.74, 6) is -3.31. The molecule has 8 nitrogen and oxygen atoms in total. The number of tetrazole rings is 1. The molecule has 31 heavy (non-hydrogen) atoms. The lowest BCUT2D eigenvalue weighted by molar-refractivity contribution is -0.114. The molecule has 0 fully saturated rings. The number of halogens is 3. The zero-order chi connectivity index (χ0) is 22.1. The highest BCUT2D eigenvalue weighted by Gasteiger charge is 2.20. The maximum atomic E-state index is 14.3. The summed E-state index contributed by atoms with van der Waals surface area (Å²) in [7, 11) is 0. The molecule has 4 rings (SSSR count). The lowest BCUT2D eigenvalue weighted by Crippen LogP contribution is -2.09. The topological polar surface area (TPSA) is 112 Å². The van der Waals surface area contributed by atoms with Crippen LogP contribution >= 0.6 is 0 Å². The van der Waals surface area contributed by atoms with Crippen LogP contribution in [-0.4, -0.2) is 31.1 Å². The van der Waals surface area contributed by atoms with Crippen LogP contribution in [0.2, 0.25) is 0 Å². The minimum atomic E-state index is -1.14. The number of anilines is 2. The van der Waals surface area contributed by atoms with Gasteiger partial charge in [0.2, 0.25) is 5.91 Å². The van der Waals surface area contributed by atoms with E-state index in [1.54, 1.807) is 6.07 Å². The number of nitrogens with two attached hydrogens (primary N) is 1. The molecule has 0 unspecified atom stereocenters. The van der Waals surface area contributed by atoms with Crippen LogP contribution in [0.5, 0.6) is 0 Å². The van der Waals surface area contributed by atoms with Crippen molar-refractivity contribution >= 4 is 17.4 Å². The highest BCUT2D eigenvalue weighted by Crippen LogP contribution is 2.34. The molecule has 2 aromatic carbocycles. The molecule has 0 radical (unpaired) electrons. The van der Waals surface area contributed by atoms with E-state index in [2.05, 4.69) is 25.8 Å². The number of hydrogen-bond donors (Lipinski definition) is 2. The Hall–Kier alpha value is -4.28. The molecule has 0 spiro atoms. The van der Waals surface area contributed by atoms with Gasteiger partial charge in [0.15, 0.2) is 17.5 Å². The van der Waals surface area contributed by atoms with Crippen molar-refractivity contribution in [3.8, 4) is 28.2 Å². The highest BCUT2D eigenvalue weighted by molar-refractivity contribution is 5.94. The van der Waals surface area contributed by atoms with Crippen LogP contribution in [-0.2, 0) is 4.79 Å². The first-order valence-corrected chi connectivity index (χ1v) is 8.92. The Labute approximate surface area is 173 Å². The van der Waals surface area contributed by atoms with E-state index < -0.39 is 23.4 Å². The normalized spacial score (nSPS) is 10.8. The van der Waals surface area contributed by atoms with Gasteiger partial charge in [-0.15, -0.1) is 5.10 Å². The number of benzene rings is 2. The van der Waals surface area contributed by atoms with Crippen molar-refractivity contribution in [3.63, 3.8) is 0 Å². The first-order chi connectivity index (χ1) is 14.9. The molecule has 11 heteroatoms. The number of rotatable bonds is 4. The van der Waals surface area contributed by atoms with Crippen LogP contribution in [0.15, 0.2) is 48.7 Å². The number of nitrogens with zero attached hydrogens (tertiary/aromatic N) is 5. The van der Waals surface area contributed by atoms with Crippen molar-refractivity contribution in [1.29, 1.82) is 0 Å². The number of carbonyl (C=O) groups excluding carboxylic acids is 1. The largest absolute Gasteiger partial charge is 0.383 e. The molecule has 0 saturated heterocycles. The number of para-hydroxylation sites is 1. The van der Waals surface area contributed by atoms with E-state index in [-0.39, 0.29) is 28.6 Å². The number of nitrogen functional groups attached to an aromatic ring is 1. The minimum Gasteiger partial charge on any atom is -0.383 e. The summed E-state index contributed by atoms with van der Waals surface area (Å²) in [5, 5.41) is 13.6. The third-order valence-corrected chi connectivity index (χ3v) is 4.41. The standard InChI is InChI=1S/C20H14F3N7O/c1-10(31)26-18-12(4-2-6-15(18)22)11-8-13(19(24)25-9-11)20-27-28-29-30(20)16-7-3-5-14(21)17(16)23/h2-9H,1H3,(H2,24,25)(H,26,31). The number of pyridine rings is 1. The lowest BCUT2D eigenvalue weighted by atomic mass is 10.0. The van der Waals surface area contributed by atoms with Gasteiger partial charge in [0.05, 0.1) is 11.3 Å². The molecule has 4 aromatic rings. The molecule has 0 aliphatic rings. The van der Waals surface area contributed by atoms with Crippen molar-refractivity contribution in [2.24, 2.45) is 0 Å². The summed E-state index contributed by atoms with van der Waals surface area (Å²) in [6, 6.07) is 9.35. The van der Waals surface area contributed by atoms with Gasteiger partial charge in [-0.1, -0.05) is 18.2 Å². The average Bonchev–Trinajstić information content (AvgIpc) is 3.21. The molecule has 0 atom stereocenters. The van der Waals surface area contributed by atoms with Crippen molar-refractivity contribution < 1.29 is 18.0 Å². The number of hydrogen-bond acceptors (Lipinski definition) is 6. The van der Waals surface area contributed by atoms with Crippen molar-refractivity contribution in [3.05, 3.63) is 66.1 Å². The smallest absolute Gasteiger partial charge is 0.221 e. The second-order valence-electron chi connectivity index (χ2n) is 6.49. The SMILES string of the molecule is CC(=O)Nc1c(F)cccc1-c1cnc(N)c(-c2nnnn2-c2cccc(F)c2F)c1. The van der Waals surface area contributed by atoms with Gasteiger partial charge in [0, 0.05) is 24.2 Å². The maximum absolute atomic E-state index is 14.3. The van der Waals surface area contributed by atoms with Gasteiger partial charge in [0.25, 0.3) is 0 Å². The van der Waals surface area contributed by atoms with Crippen LogP contribution in [0.4, 0.5) is 24.7 Å². The molecular formula is C20H14F3N7O. The van der Waals surface area contributed by atoms with Crippen LogP contribution in [0.3, 0.4) is 0 Å². The first kappa shape index (κ1) is 20.0. The van der Waals surface area contributed by atoms with E-state index in [0.29, 0.717) is 11.1 Å². The fraction of sp³-hybridized carbons (Fsp3) is 0.0500. The van der Waals surface area contributed by atoms with E-state index in [9.17, 15) is 18.0 Å². The molecular weight excluding hydrogens is 411 g/mol. The van der Waals surface area contributed by atoms with E-state index in [1.165, 1.54) is 43.5 Å². The van der Waals surface area contributed by atoms with Gasteiger partial charge >= 0.3 is 0 Å². The van der Waals surface area contributed by atoms with Crippen molar-refractivity contribution in [2.45, 2.75) is 6.92 Å². The summed E-state index contributed by atoms with van der Waals surface area (Å²) in [6.07, 6.45) is 1.38. The van der Waals surface area contributed by atoms with E-state index in [4.69, 9.17) is 5.73 Å². The average molecular weight is 425 g/mol. The Kier molecular flexibility index (Phi) is 5.07. The molecule has 1 amide bonds. The summed E-state index contributed by atoms with van der Waals surface area (Å²) >= 11 is 0. The predicted molar refractivity (Wildman–Crippen MR) is 106 cm³/mol. The molecule has 0 bridgehead atoms. The summed E-state index contributed by atoms with van der Waals surface area (Å²) in [5.41, 5.74) is 6.65. The fourth-order valence-electron chi connectivity index (χ4n) is 3.04. The van der Waals surface area contributed by atoms with Crippen LogP contribution < -0.4 is 11.1 Å². The quantitative estimate of drug-likeness (QED) is 0.519. The van der Waals surface area contributed by atoms with Gasteiger partial charge in [0.1, 0.15) is 17.3 Å². The Morgan fingerprint density at radius 1 is 1.06 bits per heavy atom. The first-order valence-electron chi connectivity index (χ1n) is 8.92. The third kappa shape index (κ3) is 3.68. The molecule has 0 aliphatic carbocycles. The second-order valence-corrected chi connectivity index (χ2v) is 6.49. The Morgan fingerprint density at radius 2 is 1.81 bits per heavy atom. The number of amides is 1. The summed E-state index contributed by atoms with van der Waals surface area (Å²) in [4.78, 5) is 15.6. The molecule has 0 aliphatic heterocycles. The lowest BCUT2D eigenvalue weighted by Gasteiger charge is -2.13. The Morgan fingerprint density at radius 3 is 2.58 bits per heavy atom. The minimum absolute atomic E-state index is 0.00571. The van der Waals surface area contributed by atoms with Gasteiger partial charge in [-0.3, -0.25) is 4.79 Å². The highest BCUT2D eigenvalue weighted by atomic mass is 19.2. The van der Waals surface area contributed by atoms with Gasteiger partial charge in [-0.05, 0) is 34.7 Å². The van der Waals surface area contributed by atoms with Gasteiger partial charge in [-0.2, -0.15) is 4.68 Å². The van der Waals surface area contributed by atoms with Crippen LogP contribution in [0.25, 0.3) is 28.2 Å². The van der Waals surface area contributed by atoms with Gasteiger partial charge < -0.3 is 11.1 Å². The predicted octanol–water partition coefficient (Wildman–Crippen LogP) is 3.35. The summed E-state index contributed by atoms with van der Waals surface area (Å²) < 4.78 is 43.3. The number of aromatic nitrogens is 5. The van der Waals surface area contributed by atoms with Gasteiger partial charge in [-0.25, -0.2) is 18.2 Å². The monoisotopic (exact) mass is 425 g/mol. The number of carbonyl (C=O) groups is 1. The molecule has 2 aromatic heterocycles. The van der Waals surface area contributed by atoms with E-state index >= 15 is 0 Å². The Bertz CT molecular complexity index is 1310. The Balaban J connectivity index is 1.88. The van der Waals surface area contributed by atoms with Crippen LogP contribution in [0, 0.1) is 17.5 Å². The summed E-state index contributed by atoms with van der Waals surface area (Å²) in [6.45, 7) is 1.25.